The molecule has 0 unspecified atom stereocenters. The van der Waals surface area contributed by atoms with Crippen molar-refractivity contribution in [3.63, 3.8) is 0 Å². The molecule has 2 rings (SSSR count). The predicted octanol–water partition coefficient (Wildman–Crippen LogP) is 4.27. The van der Waals surface area contributed by atoms with Crippen molar-refractivity contribution in [1.82, 2.24) is 0 Å². The summed E-state index contributed by atoms with van der Waals surface area (Å²) in [6.07, 6.45) is 2.62. The van der Waals surface area contributed by atoms with Crippen molar-refractivity contribution in [3.05, 3.63) is 70.8 Å². The number of nitrogens with one attached hydrogen (secondary N) is 1. The van der Waals surface area contributed by atoms with Gasteiger partial charge in [-0.1, -0.05) is 29.8 Å². The Kier molecular flexibility index (Phi) is 4.48. The molecule has 102 valence electrons. The quantitative estimate of drug-likeness (QED) is 0.841. The summed E-state index contributed by atoms with van der Waals surface area (Å²) in [5, 5.41) is 2.28. The van der Waals surface area contributed by atoms with Gasteiger partial charge in [-0.15, -0.1) is 0 Å². The normalized spacial score (nSPS) is 10.8. The SMILES string of the molecule is O=C(/C=C/c1cccc(F)c1)Nc1cccc(Cl)c1F. The van der Waals surface area contributed by atoms with Crippen LogP contribution >= 0.6 is 11.6 Å². The van der Waals surface area contributed by atoms with Crippen molar-refractivity contribution < 1.29 is 13.6 Å². The minimum absolute atomic E-state index is 0.00797. The monoisotopic (exact) mass is 293 g/mol. The summed E-state index contributed by atoms with van der Waals surface area (Å²) in [7, 11) is 0. The lowest BCUT2D eigenvalue weighted by Crippen LogP contribution is -2.09. The zero-order chi connectivity index (χ0) is 14.5. The first-order valence-electron chi connectivity index (χ1n) is 5.75. The van der Waals surface area contributed by atoms with E-state index in [1.165, 1.54) is 48.6 Å². The van der Waals surface area contributed by atoms with E-state index in [2.05, 4.69) is 5.32 Å². The van der Waals surface area contributed by atoms with Gasteiger partial charge in [0.15, 0.2) is 5.82 Å². The van der Waals surface area contributed by atoms with E-state index in [0.717, 1.165) is 0 Å². The number of hydrogen-bond donors (Lipinski definition) is 1. The maximum Gasteiger partial charge on any atom is 0.248 e. The molecule has 5 heteroatoms. The van der Waals surface area contributed by atoms with E-state index in [1.54, 1.807) is 6.07 Å². The van der Waals surface area contributed by atoms with Crippen LogP contribution in [0.4, 0.5) is 14.5 Å². The lowest BCUT2D eigenvalue weighted by atomic mass is 10.2. The number of amides is 1. The Hall–Kier alpha value is -2.20. The van der Waals surface area contributed by atoms with Crippen LogP contribution in [0.3, 0.4) is 0 Å². The standard InChI is InChI=1S/C15H10ClF2NO/c16-12-5-2-6-13(15(12)18)19-14(20)8-7-10-3-1-4-11(17)9-10/h1-9H,(H,19,20)/b8-7+. The molecule has 2 nitrogen and oxygen atoms in total. The van der Waals surface area contributed by atoms with Crippen molar-refractivity contribution in [2.75, 3.05) is 5.32 Å². The first-order chi connectivity index (χ1) is 9.56. The van der Waals surface area contributed by atoms with Crippen molar-refractivity contribution in [3.8, 4) is 0 Å². The maximum atomic E-state index is 13.6. The molecule has 20 heavy (non-hydrogen) atoms. The van der Waals surface area contributed by atoms with Crippen LogP contribution in [0.5, 0.6) is 0 Å². The Morgan fingerprint density at radius 2 is 1.90 bits per heavy atom. The van der Waals surface area contributed by atoms with E-state index >= 15 is 0 Å². The molecule has 0 saturated carbocycles. The Morgan fingerprint density at radius 3 is 2.65 bits per heavy atom. The predicted molar refractivity (Wildman–Crippen MR) is 75.5 cm³/mol. The van der Waals surface area contributed by atoms with Crippen molar-refractivity contribution >= 4 is 29.3 Å². The summed E-state index contributed by atoms with van der Waals surface area (Å²) in [6.45, 7) is 0. The second kappa shape index (κ2) is 6.30. The van der Waals surface area contributed by atoms with Gasteiger partial charge in [0.05, 0.1) is 10.7 Å². The van der Waals surface area contributed by atoms with E-state index in [1.807, 2.05) is 0 Å². The van der Waals surface area contributed by atoms with Crippen LogP contribution in [0.15, 0.2) is 48.5 Å². The van der Waals surface area contributed by atoms with Crippen LogP contribution in [-0.2, 0) is 4.79 Å². The molecule has 0 bridgehead atoms. The Balaban J connectivity index is 2.08. The third kappa shape index (κ3) is 3.65. The molecule has 0 heterocycles. The number of rotatable bonds is 3. The first kappa shape index (κ1) is 14.2. The van der Waals surface area contributed by atoms with E-state index in [9.17, 15) is 13.6 Å². The summed E-state index contributed by atoms with van der Waals surface area (Å²) < 4.78 is 26.5. The fourth-order valence-electron chi connectivity index (χ4n) is 1.56. The number of halogens is 3. The second-order valence-electron chi connectivity index (χ2n) is 3.98. The molecule has 0 radical (unpaired) electrons. The van der Waals surface area contributed by atoms with Gasteiger partial charge in [0, 0.05) is 6.08 Å². The molecular weight excluding hydrogens is 284 g/mol. The van der Waals surface area contributed by atoms with E-state index in [-0.39, 0.29) is 10.7 Å². The largest absolute Gasteiger partial charge is 0.320 e. The van der Waals surface area contributed by atoms with Gasteiger partial charge < -0.3 is 5.32 Å². The smallest absolute Gasteiger partial charge is 0.248 e. The molecule has 0 fully saturated rings. The van der Waals surface area contributed by atoms with Crippen LogP contribution in [0.2, 0.25) is 5.02 Å². The molecule has 0 aromatic heterocycles. The van der Waals surface area contributed by atoms with Gasteiger partial charge in [0.1, 0.15) is 5.82 Å². The highest BCUT2D eigenvalue weighted by Gasteiger charge is 2.07. The molecule has 0 aliphatic heterocycles. The maximum absolute atomic E-state index is 13.6. The lowest BCUT2D eigenvalue weighted by Gasteiger charge is -2.04. The number of carbonyl (C=O) groups excluding carboxylic acids is 1. The van der Waals surface area contributed by atoms with Gasteiger partial charge in [-0.05, 0) is 35.9 Å². The third-order valence-electron chi connectivity index (χ3n) is 2.49. The topological polar surface area (TPSA) is 29.1 Å². The molecule has 0 spiro atoms. The second-order valence-corrected chi connectivity index (χ2v) is 4.39. The average Bonchev–Trinajstić information content (AvgIpc) is 2.42. The fourth-order valence-corrected chi connectivity index (χ4v) is 1.73. The molecule has 1 N–H and O–H groups in total. The molecule has 0 atom stereocenters. The molecule has 1 amide bonds. The zero-order valence-electron chi connectivity index (χ0n) is 10.2. The van der Waals surface area contributed by atoms with E-state index in [0.29, 0.717) is 5.56 Å². The number of hydrogen-bond acceptors (Lipinski definition) is 1. The average molecular weight is 294 g/mol. The molecule has 0 saturated heterocycles. The summed E-state index contributed by atoms with van der Waals surface area (Å²) in [4.78, 5) is 11.6. The minimum atomic E-state index is -0.693. The summed E-state index contributed by atoms with van der Waals surface area (Å²) in [6, 6.07) is 10.1. The van der Waals surface area contributed by atoms with Gasteiger partial charge in [0.25, 0.3) is 0 Å². The molecule has 2 aromatic rings. The Bertz CT molecular complexity index is 671. The number of anilines is 1. The minimum Gasteiger partial charge on any atom is -0.320 e. The number of carbonyl (C=O) groups is 1. The summed E-state index contributed by atoms with van der Waals surface area (Å²) >= 11 is 5.60. The zero-order valence-corrected chi connectivity index (χ0v) is 11.0. The number of benzene rings is 2. The molecule has 2 aromatic carbocycles. The summed E-state index contributed by atoms with van der Waals surface area (Å²) in [5.74, 6) is -1.62. The van der Waals surface area contributed by atoms with Crippen molar-refractivity contribution in [2.45, 2.75) is 0 Å². The van der Waals surface area contributed by atoms with Crippen LogP contribution in [0.25, 0.3) is 6.08 Å². The van der Waals surface area contributed by atoms with Crippen LogP contribution in [-0.4, -0.2) is 5.91 Å². The van der Waals surface area contributed by atoms with Gasteiger partial charge in [-0.25, -0.2) is 8.78 Å². The summed E-state index contributed by atoms with van der Waals surface area (Å²) in [5.41, 5.74) is 0.526. The fraction of sp³-hybridized carbons (Fsp3) is 0. The highest BCUT2D eigenvalue weighted by Crippen LogP contribution is 2.21. The molecule has 0 aliphatic carbocycles. The molecular formula is C15H10ClF2NO. The molecule has 0 aliphatic rings. The van der Waals surface area contributed by atoms with Crippen LogP contribution in [0.1, 0.15) is 5.56 Å². The third-order valence-corrected chi connectivity index (χ3v) is 2.78. The Labute approximate surface area is 119 Å². The van der Waals surface area contributed by atoms with Crippen molar-refractivity contribution in [2.24, 2.45) is 0 Å². The Morgan fingerprint density at radius 1 is 1.15 bits per heavy atom. The highest BCUT2D eigenvalue weighted by atomic mass is 35.5. The van der Waals surface area contributed by atoms with Crippen LogP contribution in [0, 0.1) is 11.6 Å². The van der Waals surface area contributed by atoms with Gasteiger partial charge in [-0.2, -0.15) is 0 Å². The van der Waals surface area contributed by atoms with E-state index in [4.69, 9.17) is 11.6 Å². The van der Waals surface area contributed by atoms with Crippen LogP contribution < -0.4 is 5.32 Å². The lowest BCUT2D eigenvalue weighted by molar-refractivity contribution is -0.111. The van der Waals surface area contributed by atoms with Crippen molar-refractivity contribution in [1.29, 1.82) is 0 Å². The van der Waals surface area contributed by atoms with Gasteiger partial charge >= 0.3 is 0 Å². The highest BCUT2D eigenvalue weighted by molar-refractivity contribution is 6.31. The van der Waals surface area contributed by atoms with Gasteiger partial charge in [0.2, 0.25) is 5.91 Å². The van der Waals surface area contributed by atoms with Gasteiger partial charge in [-0.3, -0.25) is 4.79 Å². The first-order valence-corrected chi connectivity index (χ1v) is 6.13. The van der Waals surface area contributed by atoms with E-state index < -0.39 is 17.5 Å².